The summed E-state index contributed by atoms with van der Waals surface area (Å²) in [6, 6.07) is 16.1. The topological polar surface area (TPSA) is 71.3 Å². The molecule has 1 fully saturated rings. The number of carbonyl (C=O) groups is 1. The first kappa shape index (κ1) is 21.6. The summed E-state index contributed by atoms with van der Waals surface area (Å²) in [5.74, 6) is 2.36. The molecule has 6 nitrogen and oxygen atoms in total. The molecule has 31 heavy (non-hydrogen) atoms. The number of benzene rings is 2. The van der Waals surface area contributed by atoms with Crippen molar-refractivity contribution in [1.29, 1.82) is 0 Å². The van der Waals surface area contributed by atoms with Gasteiger partial charge in [0.25, 0.3) is 0 Å². The molecule has 7 heteroatoms. The summed E-state index contributed by atoms with van der Waals surface area (Å²) in [6.07, 6.45) is 1.65. The SMILES string of the molecule is CCSc1ccccc1NC(=O)C1CCN(Cc2nc(-c3ccc(C)cc3)no2)CC1. The van der Waals surface area contributed by atoms with Gasteiger partial charge in [-0.05, 0) is 50.7 Å². The van der Waals surface area contributed by atoms with E-state index in [0.29, 0.717) is 18.3 Å². The van der Waals surface area contributed by atoms with Crippen LogP contribution < -0.4 is 5.32 Å². The van der Waals surface area contributed by atoms with E-state index in [1.54, 1.807) is 11.8 Å². The molecule has 1 N–H and O–H groups in total. The summed E-state index contributed by atoms with van der Waals surface area (Å²) in [7, 11) is 0. The number of carbonyl (C=O) groups excluding carboxylic acids is 1. The van der Waals surface area contributed by atoms with Gasteiger partial charge in [-0.3, -0.25) is 9.69 Å². The largest absolute Gasteiger partial charge is 0.338 e. The van der Waals surface area contributed by atoms with Gasteiger partial charge in [0.1, 0.15) is 0 Å². The fourth-order valence-corrected chi connectivity index (χ4v) is 4.53. The minimum Gasteiger partial charge on any atom is -0.338 e. The predicted molar refractivity (Wildman–Crippen MR) is 124 cm³/mol. The van der Waals surface area contributed by atoms with Crippen LogP contribution in [0.5, 0.6) is 0 Å². The van der Waals surface area contributed by atoms with E-state index in [1.165, 1.54) is 5.56 Å². The zero-order valence-corrected chi connectivity index (χ0v) is 18.8. The Labute approximate surface area is 187 Å². The molecular weight excluding hydrogens is 408 g/mol. The van der Waals surface area contributed by atoms with Gasteiger partial charge in [-0.2, -0.15) is 4.98 Å². The molecule has 162 valence electrons. The maximum absolute atomic E-state index is 12.8. The number of nitrogens with zero attached hydrogens (tertiary/aromatic N) is 3. The first-order valence-electron chi connectivity index (χ1n) is 10.8. The average molecular weight is 437 g/mol. The van der Waals surface area contributed by atoms with Gasteiger partial charge in [-0.25, -0.2) is 0 Å². The van der Waals surface area contributed by atoms with E-state index in [0.717, 1.165) is 47.8 Å². The van der Waals surface area contributed by atoms with Crippen molar-refractivity contribution >= 4 is 23.4 Å². The third kappa shape index (κ3) is 5.54. The van der Waals surface area contributed by atoms with Gasteiger partial charge in [0.15, 0.2) is 0 Å². The molecule has 1 aromatic heterocycles. The Balaban J connectivity index is 1.29. The van der Waals surface area contributed by atoms with Crippen LogP contribution in [0.3, 0.4) is 0 Å². The van der Waals surface area contributed by atoms with E-state index in [1.807, 2.05) is 42.5 Å². The highest BCUT2D eigenvalue weighted by atomic mass is 32.2. The smallest absolute Gasteiger partial charge is 0.241 e. The fourth-order valence-electron chi connectivity index (χ4n) is 3.77. The highest BCUT2D eigenvalue weighted by Crippen LogP contribution is 2.28. The van der Waals surface area contributed by atoms with Crippen LogP contribution in [0.15, 0.2) is 57.9 Å². The molecule has 0 saturated carbocycles. The van der Waals surface area contributed by atoms with Crippen LogP contribution >= 0.6 is 11.8 Å². The lowest BCUT2D eigenvalue weighted by Gasteiger charge is -2.30. The molecule has 0 bridgehead atoms. The van der Waals surface area contributed by atoms with Gasteiger partial charge in [-0.1, -0.05) is 54.0 Å². The molecule has 0 radical (unpaired) electrons. The normalized spacial score (nSPS) is 15.2. The monoisotopic (exact) mass is 436 g/mol. The molecule has 4 rings (SSSR count). The number of hydrogen-bond acceptors (Lipinski definition) is 6. The van der Waals surface area contributed by atoms with Gasteiger partial charge in [0.2, 0.25) is 17.6 Å². The van der Waals surface area contributed by atoms with Crippen LogP contribution in [0.1, 0.15) is 31.2 Å². The van der Waals surface area contributed by atoms with Gasteiger partial charge >= 0.3 is 0 Å². The average Bonchev–Trinajstić information content (AvgIpc) is 3.25. The molecule has 0 unspecified atom stereocenters. The molecule has 1 amide bonds. The standard InChI is InChI=1S/C24H28N4O2S/c1-3-31-21-7-5-4-6-20(21)25-24(29)19-12-14-28(15-13-19)16-22-26-23(27-30-22)18-10-8-17(2)9-11-18/h4-11,19H,3,12-16H2,1-2H3,(H,25,29). The summed E-state index contributed by atoms with van der Waals surface area (Å²) in [5.41, 5.74) is 3.07. The van der Waals surface area contributed by atoms with E-state index in [4.69, 9.17) is 4.52 Å². The van der Waals surface area contributed by atoms with Crippen LogP contribution in [0, 0.1) is 12.8 Å². The summed E-state index contributed by atoms with van der Waals surface area (Å²) in [5, 5.41) is 7.25. The van der Waals surface area contributed by atoms with Gasteiger partial charge < -0.3 is 9.84 Å². The van der Waals surface area contributed by atoms with E-state index in [2.05, 4.69) is 40.3 Å². The van der Waals surface area contributed by atoms with E-state index in [9.17, 15) is 4.79 Å². The van der Waals surface area contributed by atoms with Crippen molar-refractivity contribution in [3.05, 3.63) is 60.0 Å². The highest BCUT2D eigenvalue weighted by Gasteiger charge is 2.26. The molecule has 2 heterocycles. The Hall–Kier alpha value is -2.64. The lowest BCUT2D eigenvalue weighted by molar-refractivity contribution is -0.121. The summed E-state index contributed by atoms with van der Waals surface area (Å²) >= 11 is 1.75. The van der Waals surface area contributed by atoms with Crippen LogP contribution in [0.4, 0.5) is 5.69 Å². The quantitative estimate of drug-likeness (QED) is 0.525. The second-order valence-electron chi connectivity index (χ2n) is 7.85. The van der Waals surface area contributed by atoms with Gasteiger partial charge in [0, 0.05) is 16.4 Å². The first-order chi connectivity index (χ1) is 15.1. The maximum Gasteiger partial charge on any atom is 0.241 e. The highest BCUT2D eigenvalue weighted by molar-refractivity contribution is 7.99. The van der Waals surface area contributed by atoms with Crippen molar-refractivity contribution in [3.8, 4) is 11.4 Å². The van der Waals surface area contributed by atoms with Crippen molar-refractivity contribution in [2.45, 2.75) is 38.1 Å². The minimum atomic E-state index is 0.0294. The Kier molecular flexibility index (Phi) is 7.04. The number of rotatable bonds is 7. The second kappa shape index (κ2) is 10.1. The van der Waals surface area contributed by atoms with Crippen molar-refractivity contribution < 1.29 is 9.32 Å². The second-order valence-corrected chi connectivity index (χ2v) is 9.15. The maximum atomic E-state index is 12.8. The van der Waals surface area contributed by atoms with Crippen LogP contribution in [-0.4, -0.2) is 39.8 Å². The molecule has 1 saturated heterocycles. The fraction of sp³-hybridized carbons (Fsp3) is 0.375. The summed E-state index contributed by atoms with van der Waals surface area (Å²) in [4.78, 5) is 20.7. The number of likely N-dealkylation sites (tertiary alicyclic amines) is 1. The molecule has 0 aliphatic carbocycles. The zero-order chi connectivity index (χ0) is 21.6. The number of piperidine rings is 1. The van der Waals surface area contributed by atoms with Crippen molar-refractivity contribution in [1.82, 2.24) is 15.0 Å². The van der Waals surface area contributed by atoms with Crippen LogP contribution in [0.2, 0.25) is 0 Å². The van der Waals surface area contributed by atoms with Crippen molar-refractivity contribution in [2.24, 2.45) is 5.92 Å². The number of para-hydroxylation sites is 1. The Bertz CT molecular complexity index is 1010. The van der Waals surface area contributed by atoms with E-state index < -0.39 is 0 Å². The summed E-state index contributed by atoms with van der Waals surface area (Å²) < 4.78 is 5.46. The van der Waals surface area contributed by atoms with Crippen molar-refractivity contribution in [3.63, 3.8) is 0 Å². The molecule has 2 aromatic carbocycles. The van der Waals surface area contributed by atoms with Crippen molar-refractivity contribution in [2.75, 3.05) is 24.2 Å². The number of thioether (sulfide) groups is 1. The summed E-state index contributed by atoms with van der Waals surface area (Å²) in [6.45, 7) is 6.46. The van der Waals surface area contributed by atoms with Gasteiger partial charge in [0.05, 0.1) is 12.2 Å². The predicted octanol–water partition coefficient (Wildman–Crippen LogP) is 5.01. The third-order valence-electron chi connectivity index (χ3n) is 5.54. The third-order valence-corrected chi connectivity index (χ3v) is 6.50. The number of aryl methyl sites for hydroxylation is 1. The first-order valence-corrected chi connectivity index (χ1v) is 11.8. The Morgan fingerprint density at radius 3 is 2.65 bits per heavy atom. The Morgan fingerprint density at radius 1 is 1.16 bits per heavy atom. The van der Waals surface area contributed by atoms with E-state index >= 15 is 0 Å². The molecule has 0 spiro atoms. The van der Waals surface area contributed by atoms with E-state index in [-0.39, 0.29) is 11.8 Å². The molecule has 0 atom stereocenters. The molecule has 3 aromatic rings. The van der Waals surface area contributed by atoms with Crippen LogP contribution in [-0.2, 0) is 11.3 Å². The molecule has 1 aliphatic rings. The van der Waals surface area contributed by atoms with Crippen LogP contribution in [0.25, 0.3) is 11.4 Å². The molecular formula is C24H28N4O2S. The Morgan fingerprint density at radius 2 is 1.90 bits per heavy atom. The number of aromatic nitrogens is 2. The lowest BCUT2D eigenvalue weighted by atomic mass is 9.96. The number of hydrogen-bond donors (Lipinski definition) is 1. The van der Waals surface area contributed by atoms with Gasteiger partial charge in [-0.15, -0.1) is 11.8 Å². The number of amides is 1. The zero-order valence-electron chi connectivity index (χ0n) is 18.0. The number of anilines is 1. The minimum absolute atomic E-state index is 0.0294. The lowest BCUT2D eigenvalue weighted by Crippen LogP contribution is -2.37. The number of nitrogens with one attached hydrogen (secondary N) is 1. The molecule has 1 aliphatic heterocycles.